The normalized spacial score (nSPS) is 26.4. The van der Waals surface area contributed by atoms with Gasteiger partial charge in [0.1, 0.15) is 5.69 Å². The number of aromatic nitrogens is 1. The van der Waals surface area contributed by atoms with Gasteiger partial charge in [0, 0.05) is 45.5 Å². The third-order valence-electron chi connectivity index (χ3n) is 5.38. The quantitative estimate of drug-likeness (QED) is 0.873. The lowest BCUT2D eigenvalue weighted by atomic mass is 9.89. The minimum atomic E-state index is -0.0145. The molecule has 2 aliphatic heterocycles. The zero-order valence-corrected chi connectivity index (χ0v) is 15.2. The van der Waals surface area contributed by atoms with Gasteiger partial charge in [-0.2, -0.15) is 0 Å². The molecule has 2 aliphatic rings. The largest absolute Gasteiger partial charge is 0.396 e. The van der Waals surface area contributed by atoms with Crippen LogP contribution in [-0.2, 0) is 0 Å². The van der Waals surface area contributed by atoms with Gasteiger partial charge in [-0.05, 0) is 56.9 Å². The lowest BCUT2D eigenvalue weighted by Gasteiger charge is -2.39. The molecule has 6 heteroatoms. The molecule has 138 valence electrons. The number of rotatable bonds is 4. The van der Waals surface area contributed by atoms with Crippen LogP contribution in [0.4, 0.5) is 0 Å². The van der Waals surface area contributed by atoms with Gasteiger partial charge in [-0.3, -0.25) is 9.78 Å². The van der Waals surface area contributed by atoms with Crippen molar-refractivity contribution < 1.29 is 9.90 Å². The number of amides is 1. The second kappa shape index (κ2) is 8.74. The fourth-order valence-electron chi connectivity index (χ4n) is 4.05. The van der Waals surface area contributed by atoms with Crippen molar-refractivity contribution in [3.05, 3.63) is 30.1 Å². The Labute approximate surface area is 150 Å². The first-order valence-electron chi connectivity index (χ1n) is 9.37. The average molecular weight is 346 g/mol. The number of carbonyl (C=O) groups excluding carboxylic acids is 1. The van der Waals surface area contributed by atoms with E-state index in [1.165, 1.54) is 6.42 Å². The molecule has 1 N–H and O–H groups in total. The van der Waals surface area contributed by atoms with E-state index in [9.17, 15) is 9.90 Å². The Morgan fingerprint density at radius 3 is 2.80 bits per heavy atom. The number of hydrogen-bond acceptors (Lipinski definition) is 5. The Kier molecular flexibility index (Phi) is 6.39. The highest BCUT2D eigenvalue weighted by Crippen LogP contribution is 2.24. The molecule has 1 amide bonds. The van der Waals surface area contributed by atoms with Gasteiger partial charge >= 0.3 is 0 Å². The van der Waals surface area contributed by atoms with Crippen LogP contribution in [0, 0.1) is 11.8 Å². The smallest absolute Gasteiger partial charge is 0.272 e. The summed E-state index contributed by atoms with van der Waals surface area (Å²) in [6, 6.07) is 5.44. The maximum Gasteiger partial charge on any atom is 0.272 e. The summed E-state index contributed by atoms with van der Waals surface area (Å²) in [6.07, 6.45) is 3.85. The van der Waals surface area contributed by atoms with E-state index in [0.29, 0.717) is 18.2 Å². The molecule has 1 aromatic heterocycles. The van der Waals surface area contributed by atoms with Crippen LogP contribution in [0.15, 0.2) is 24.4 Å². The Morgan fingerprint density at radius 2 is 2.04 bits per heavy atom. The highest BCUT2D eigenvalue weighted by molar-refractivity contribution is 5.92. The van der Waals surface area contributed by atoms with E-state index in [-0.39, 0.29) is 18.4 Å². The van der Waals surface area contributed by atoms with Crippen molar-refractivity contribution in [1.82, 2.24) is 19.7 Å². The second-order valence-corrected chi connectivity index (χ2v) is 7.53. The van der Waals surface area contributed by atoms with Gasteiger partial charge in [0.2, 0.25) is 0 Å². The van der Waals surface area contributed by atoms with Crippen LogP contribution in [0.25, 0.3) is 0 Å². The predicted molar refractivity (Wildman–Crippen MR) is 97.4 cm³/mol. The van der Waals surface area contributed by atoms with Crippen LogP contribution in [0.5, 0.6) is 0 Å². The molecule has 0 radical (unpaired) electrons. The van der Waals surface area contributed by atoms with Crippen molar-refractivity contribution in [3.63, 3.8) is 0 Å². The van der Waals surface area contributed by atoms with Crippen LogP contribution in [-0.4, -0.2) is 90.2 Å². The van der Waals surface area contributed by atoms with E-state index >= 15 is 0 Å². The standard InChI is InChI=1S/C19H30N4O2/c1-21-7-4-8-22(10-9-21)12-16-11-17(15-24)14-23(13-16)19(25)18-5-2-3-6-20-18/h2-3,5-6,16-17,24H,4,7-15H2,1H3/t16-,17+/m0/s1. The molecule has 0 spiro atoms. The number of hydrogen-bond donors (Lipinski definition) is 1. The third-order valence-corrected chi connectivity index (χ3v) is 5.38. The van der Waals surface area contributed by atoms with Crippen molar-refractivity contribution in [1.29, 1.82) is 0 Å². The first-order valence-corrected chi connectivity index (χ1v) is 9.37. The molecule has 3 rings (SSSR count). The van der Waals surface area contributed by atoms with E-state index in [1.54, 1.807) is 12.3 Å². The van der Waals surface area contributed by atoms with Crippen molar-refractivity contribution in [2.45, 2.75) is 12.8 Å². The summed E-state index contributed by atoms with van der Waals surface area (Å²) in [5.41, 5.74) is 0.497. The highest BCUT2D eigenvalue weighted by Gasteiger charge is 2.31. The summed E-state index contributed by atoms with van der Waals surface area (Å²) in [7, 11) is 2.18. The number of carbonyl (C=O) groups is 1. The van der Waals surface area contributed by atoms with Gasteiger partial charge in [-0.1, -0.05) is 6.07 Å². The fraction of sp³-hybridized carbons (Fsp3) is 0.684. The zero-order chi connectivity index (χ0) is 17.6. The van der Waals surface area contributed by atoms with Crippen LogP contribution < -0.4 is 0 Å². The van der Waals surface area contributed by atoms with E-state index in [2.05, 4.69) is 21.8 Å². The van der Waals surface area contributed by atoms with Crippen LogP contribution >= 0.6 is 0 Å². The number of likely N-dealkylation sites (tertiary alicyclic amines) is 1. The van der Waals surface area contributed by atoms with Crippen molar-refractivity contribution in [2.75, 3.05) is 59.5 Å². The van der Waals surface area contributed by atoms with E-state index in [1.807, 2.05) is 17.0 Å². The summed E-state index contributed by atoms with van der Waals surface area (Å²) >= 11 is 0. The summed E-state index contributed by atoms with van der Waals surface area (Å²) in [5.74, 6) is 0.572. The van der Waals surface area contributed by atoms with Crippen LogP contribution in [0.2, 0.25) is 0 Å². The molecule has 0 unspecified atom stereocenters. The number of pyridine rings is 1. The number of likely N-dealkylation sites (N-methyl/N-ethyl adjacent to an activating group) is 1. The number of piperidine rings is 1. The number of aliphatic hydroxyl groups excluding tert-OH is 1. The predicted octanol–water partition coefficient (Wildman–Crippen LogP) is 0.790. The third kappa shape index (κ3) is 5.00. The van der Waals surface area contributed by atoms with Crippen LogP contribution in [0.3, 0.4) is 0 Å². The maximum absolute atomic E-state index is 12.8. The molecule has 0 saturated carbocycles. The first-order chi connectivity index (χ1) is 12.2. The Morgan fingerprint density at radius 1 is 1.20 bits per heavy atom. The molecular weight excluding hydrogens is 316 g/mol. The average Bonchev–Trinajstić information content (AvgIpc) is 2.85. The van der Waals surface area contributed by atoms with E-state index < -0.39 is 0 Å². The zero-order valence-electron chi connectivity index (χ0n) is 15.2. The molecule has 2 saturated heterocycles. The summed E-state index contributed by atoms with van der Waals surface area (Å²) < 4.78 is 0. The Bertz CT molecular complexity index is 554. The van der Waals surface area contributed by atoms with Crippen LogP contribution in [0.1, 0.15) is 23.3 Å². The van der Waals surface area contributed by atoms with Crippen molar-refractivity contribution >= 4 is 5.91 Å². The summed E-state index contributed by atoms with van der Waals surface area (Å²) in [6.45, 7) is 7.02. The Hall–Kier alpha value is -1.50. The molecular formula is C19H30N4O2. The van der Waals surface area contributed by atoms with Gasteiger partial charge in [0.25, 0.3) is 5.91 Å². The molecule has 6 nitrogen and oxygen atoms in total. The van der Waals surface area contributed by atoms with Gasteiger partial charge in [-0.25, -0.2) is 0 Å². The Balaban J connectivity index is 1.63. The van der Waals surface area contributed by atoms with E-state index in [4.69, 9.17) is 0 Å². The van der Waals surface area contributed by atoms with Gasteiger partial charge in [-0.15, -0.1) is 0 Å². The van der Waals surface area contributed by atoms with Gasteiger partial charge in [0.05, 0.1) is 0 Å². The lowest BCUT2D eigenvalue weighted by molar-refractivity contribution is 0.0449. The number of nitrogens with zero attached hydrogens (tertiary/aromatic N) is 4. The highest BCUT2D eigenvalue weighted by atomic mass is 16.3. The van der Waals surface area contributed by atoms with Gasteiger partial charge < -0.3 is 19.8 Å². The molecule has 0 bridgehead atoms. The molecule has 0 aromatic carbocycles. The molecule has 0 aliphatic carbocycles. The molecule has 2 fully saturated rings. The topological polar surface area (TPSA) is 59.9 Å². The summed E-state index contributed by atoms with van der Waals surface area (Å²) in [5, 5.41) is 9.69. The molecule has 25 heavy (non-hydrogen) atoms. The van der Waals surface area contributed by atoms with Crippen molar-refractivity contribution in [3.8, 4) is 0 Å². The first kappa shape index (κ1) is 18.3. The number of aliphatic hydroxyl groups is 1. The maximum atomic E-state index is 12.8. The summed E-state index contributed by atoms with van der Waals surface area (Å²) in [4.78, 5) is 23.8. The van der Waals surface area contributed by atoms with Crippen molar-refractivity contribution in [2.24, 2.45) is 11.8 Å². The lowest BCUT2D eigenvalue weighted by Crippen LogP contribution is -2.48. The monoisotopic (exact) mass is 346 g/mol. The van der Waals surface area contributed by atoms with Gasteiger partial charge in [0.15, 0.2) is 0 Å². The molecule has 2 atom stereocenters. The minimum Gasteiger partial charge on any atom is -0.396 e. The SMILES string of the molecule is CN1CCCN(C[C@@H]2C[C@@H](CO)CN(C(=O)c3ccccn3)C2)CC1. The molecule has 3 heterocycles. The molecule has 1 aromatic rings. The minimum absolute atomic E-state index is 0.0145. The van der Waals surface area contributed by atoms with E-state index in [0.717, 1.165) is 45.7 Å². The second-order valence-electron chi connectivity index (χ2n) is 7.53. The fourth-order valence-corrected chi connectivity index (χ4v) is 4.05.